The van der Waals surface area contributed by atoms with Crippen LogP contribution in [-0.2, 0) is 91.8 Å². The van der Waals surface area contributed by atoms with Crippen LogP contribution in [0.1, 0.15) is 54.2 Å². The molecule has 2 saturated heterocycles. The summed E-state index contributed by atoms with van der Waals surface area (Å²) in [7, 11) is 0. The van der Waals surface area contributed by atoms with Crippen LogP contribution in [0.25, 0.3) is 10.8 Å². The van der Waals surface area contributed by atoms with Gasteiger partial charge in [0.15, 0.2) is 12.6 Å². The topological polar surface area (TPSA) is 121 Å². The lowest BCUT2D eigenvalue weighted by Crippen LogP contribution is -2.69. The van der Waals surface area contributed by atoms with Crippen LogP contribution in [0.2, 0.25) is 0 Å². The Hall–Kier alpha value is -6.13. The lowest BCUT2D eigenvalue weighted by molar-refractivity contribution is -0.365. The maximum absolute atomic E-state index is 13.6. The van der Waals surface area contributed by atoms with Crippen LogP contribution >= 0.6 is 0 Å². The van der Waals surface area contributed by atoms with Crippen molar-refractivity contribution in [2.75, 3.05) is 13.2 Å². The molecule has 1 N–H and O–H groups in total. The van der Waals surface area contributed by atoms with Gasteiger partial charge in [-0.05, 0) is 64.1 Å². The Bertz CT molecular complexity index is 2750. The molecule has 12 heteroatoms. The van der Waals surface area contributed by atoms with E-state index in [1.54, 1.807) is 0 Å². The molecule has 9 rings (SSSR count). The zero-order valence-corrected chi connectivity index (χ0v) is 43.0. The summed E-state index contributed by atoms with van der Waals surface area (Å²) in [5.74, 6) is -0.313. The molecular weight excluding hydrogens is 947 g/mol. The molecular formula is C63H69NO11. The number of amides is 1. The first-order valence-corrected chi connectivity index (χ1v) is 26.0. The molecule has 1 amide bonds. The van der Waals surface area contributed by atoms with Gasteiger partial charge >= 0.3 is 0 Å². The van der Waals surface area contributed by atoms with E-state index in [0.717, 1.165) is 44.2 Å². The Morgan fingerprint density at radius 3 is 1.36 bits per heavy atom. The first kappa shape index (κ1) is 53.7. The fourth-order valence-corrected chi connectivity index (χ4v) is 9.57. The van der Waals surface area contributed by atoms with Crippen LogP contribution in [-0.4, -0.2) is 86.6 Å². The third kappa shape index (κ3) is 15.5. The minimum atomic E-state index is -1.18. The van der Waals surface area contributed by atoms with Gasteiger partial charge in [-0.2, -0.15) is 0 Å². The van der Waals surface area contributed by atoms with Gasteiger partial charge in [0, 0.05) is 6.92 Å². The van der Waals surface area contributed by atoms with Crippen molar-refractivity contribution in [2.45, 2.75) is 128 Å². The fraction of sp³-hybridized carbons (Fsp3) is 0.349. The Balaban J connectivity index is 1.10. The van der Waals surface area contributed by atoms with E-state index in [9.17, 15) is 4.79 Å². The third-order valence-corrected chi connectivity index (χ3v) is 13.2. The molecule has 2 heterocycles. The summed E-state index contributed by atoms with van der Waals surface area (Å²) in [6, 6.07) is 63.4. The zero-order valence-electron chi connectivity index (χ0n) is 43.0. The molecule has 0 radical (unpaired) electrons. The average molecular weight is 1020 g/mol. The number of fused-ring (bicyclic) bond motifs is 1. The fourth-order valence-electron chi connectivity index (χ4n) is 9.57. The average Bonchev–Trinajstić information content (AvgIpc) is 3.43. The van der Waals surface area contributed by atoms with Crippen LogP contribution < -0.4 is 5.32 Å². The molecule has 0 saturated carbocycles. The number of ether oxygens (including phenoxy) is 10. The van der Waals surface area contributed by atoms with Crippen LogP contribution in [0.4, 0.5) is 0 Å². The van der Waals surface area contributed by atoms with Crippen molar-refractivity contribution in [3.8, 4) is 0 Å². The van der Waals surface area contributed by atoms with Gasteiger partial charge in [0.2, 0.25) is 5.91 Å². The molecule has 0 aromatic heterocycles. The van der Waals surface area contributed by atoms with Gasteiger partial charge in [-0.25, -0.2) is 0 Å². The van der Waals surface area contributed by atoms with Gasteiger partial charge in [-0.15, -0.1) is 0 Å². The molecule has 2 aliphatic rings. The standard InChI is InChI=1S/C63H69NO11/c1-44(2)72-63-61(71-40-50-29-17-8-18-30-50)60(70-39-49-27-15-7-16-28-49)58(55(74-63)43-67-37-47-23-11-5-12-24-47)75-62-56(64-45(3)65)59(69-38-48-25-13-6-14-26-48)57(54(73-62)42-66-36-46-21-9-4-10-22-46)68-41-51-33-34-52-31-19-20-32-53(52)35-51/h4-35,44,54-63H,36-43H2,1-3H3,(H,64,65)/t54-,55-,56+,57+,58-,59-,60+,61-,62+,63+/m1/s1. The van der Waals surface area contributed by atoms with E-state index in [0.29, 0.717) is 13.2 Å². The van der Waals surface area contributed by atoms with Gasteiger partial charge in [-0.1, -0.05) is 188 Å². The van der Waals surface area contributed by atoms with Crippen LogP contribution in [0.15, 0.2) is 194 Å². The summed E-state index contributed by atoms with van der Waals surface area (Å²) >= 11 is 0. The maximum Gasteiger partial charge on any atom is 0.217 e. The summed E-state index contributed by atoms with van der Waals surface area (Å²) in [4.78, 5) is 13.6. The van der Waals surface area contributed by atoms with E-state index in [1.807, 2.05) is 178 Å². The quantitative estimate of drug-likeness (QED) is 0.0589. The predicted molar refractivity (Wildman–Crippen MR) is 286 cm³/mol. The molecule has 2 fully saturated rings. The van der Waals surface area contributed by atoms with E-state index in [2.05, 4.69) is 35.6 Å². The van der Waals surface area contributed by atoms with Crippen molar-refractivity contribution in [3.05, 3.63) is 228 Å². The minimum absolute atomic E-state index is 0.0840. The normalized spacial score (nSPS) is 23.8. The summed E-state index contributed by atoms with van der Waals surface area (Å²) in [6.07, 6.45) is -8.07. The van der Waals surface area contributed by atoms with Crippen molar-refractivity contribution in [3.63, 3.8) is 0 Å². The first-order valence-electron chi connectivity index (χ1n) is 26.0. The molecule has 7 aromatic rings. The molecule has 0 spiro atoms. The Labute approximate surface area is 441 Å². The predicted octanol–water partition coefficient (Wildman–Crippen LogP) is 10.7. The Morgan fingerprint density at radius 2 is 0.853 bits per heavy atom. The first-order chi connectivity index (χ1) is 36.8. The molecule has 12 nitrogen and oxygen atoms in total. The van der Waals surface area contributed by atoms with Crippen LogP contribution in [0, 0.1) is 0 Å². The Kier molecular flexibility index (Phi) is 19.8. The molecule has 0 aliphatic carbocycles. The van der Waals surface area contributed by atoms with E-state index in [-0.39, 0.29) is 51.7 Å². The molecule has 2 aliphatic heterocycles. The number of rotatable bonds is 25. The molecule has 392 valence electrons. The summed E-state index contributed by atoms with van der Waals surface area (Å²) < 4.78 is 69.2. The molecule has 0 bridgehead atoms. The van der Waals surface area contributed by atoms with Gasteiger partial charge in [-0.3, -0.25) is 4.79 Å². The Morgan fingerprint density at radius 1 is 0.440 bits per heavy atom. The number of hydrogen-bond acceptors (Lipinski definition) is 11. The van der Waals surface area contributed by atoms with Crippen molar-refractivity contribution in [1.82, 2.24) is 5.32 Å². The monoisotopic (exact) mass is 1020 g/mol. The second-order valence-electron chi connectivity index (χ2n) is 19.3. The SMILES string of the molecule is CC(=O)N[C@@H]1[C@H](O[C@H]2[C@H](OCc3ccccc3)[C@@H](OCc3ccccc3)[C@@H](OC(C)C)O[C@@H]2COCc2ccccc2)O[C@H](COCc2ccccc2)[C@H](OCc2ccc3ccccc3c2)[C@@H]1OCc1ccccc1. The van der Waals surface area contributed by atoms with Crippen LogP contribution in [0.3, 0.4) is 0 Å². The molecule has 75 heavy (non-hydrogen) atoms. The minimum Gasteiger partial charge on any atom is -0.374 e. The molecule has 0 unspecified atom stereocenters. The van der Waals surface area contributed by atoms with Crippen molar-refractivity contribution >= 4 is 16.7 Å². The molecule has 10 atom stereocenters. The van der Waals surface area contributed by atoms with Crippen molar-refractivity contribution in [1.29, 1.82) is 0 Å². The van der Waals surface area contributed by atoms with Crippen molar-refractivity contribution in [2.24, 2.45) is 0 Å². The number of nitrogens with one attached hydrogen (secondary N) is 1. The van der Waals surface area contributed by atoms with Crippen LogP contribution in [0.5, 0.6) is 0 Å². The van der Waals surface area contributed by atoms with E-state index >= 15 is 0 Å². The number of benzene rings is 7. The summed E-state index contributed by atoms with van der Waals surface area (Å²) in [5.41, 5.74) is 5.80. The maximum atomic E-state index is 13.6. The van der Waals surface area contributed by atoms with E-state index < -0.39 is 61.3 Å². The zero-order chi connectivity index (χ0) is 51.6. The lowest BCUT2D eigenvalue weighted by Gasteiger charge is -2.50. The largest absolute Gasteiger partial charge is 0.374 e. The highest BCUT2D eigenvalue weighted by molar-refractivity contribution is 5.83. The number of hydrogen-bond donors (Lipinski definition) is 1. The lowest BCUT2D eigenvalue weighted by atomic mass is 9.94. The highest BCUT2D eigenvalue weighted by Crippen LogP contribution is 2.36. The smallest absolute Gasteiger partial charge is 0.217 e. The van der Waals surface area contributed by atoms with E-state index in [4.69, 9.17) is 47.4 Å². The third-order valence-electron chi connectivity index (χ3n) is 13.2. The second-order valence-corrected chi connectivity index (χ2v) is 19.3. The molecule has 7 aromatic carbocycles. The number of carbonyl (C=O) groups is 1. The summed E-state index contributed by atoms with van der Waals surface area (Å²) in [6.45, 7) is 7.09. The highest BCUT2D eigenvalue weighted by Gasteiger charge is 2.54. The van der Waals surface area contributed by atoms with Gasteiger partial charge < -0.3 is 52.7 Å². The van der Waals surface area contributed by atoms with Gasteiger partial charge in [0.1, 0.15) is 48.8 Å². The van der Waals surface area contributed by atoms with E-state index in [1.165, 1.54) is 6.92 Å². The van der Waals surface area contributed by atoms with Crippen molar-refractivity contribution < 1.29 is 52.2 Å². The van der Waals surface area contributed by atoms with Gasteiger partial charge in [0.05, 0.1) is 59.0 Å². The summed E-state index contributed by atoms with van der Waals surface area (Å²) in [5, 5.41) is 5.42. The number of carbonyl (C=O) groups excluding carboxylic acids is 1. The van der Waals surface area contributed by atoms with Gasteiger partial charge in [0.25, 0.3) is 0 Å². The second kappa shape index (κ2) is 27.6. The highest BCUT2D eigenvalue weighted by atomic mass is 16.8.